The molecule has 1 aromatic carbocycles. The molecule has 23 heavy (non-hydrogen) atoms. The van der Waals surface area contributed by atoms with E-state index in [-0.39, 0.29) is 0 Å². The molecule has 0 bridgehead atoms. The maximum Gasteiger partial charge on any atom is 0.431 e. The third-order valence-corrected chi connectivity index (χ3v) is 4.04. The van der Waals surface area contributed by atoms with E-state index < -0.39 is 52.3 Å². The highest BCUT2D eigenvalue weighted by molar-refractivity contribution is 5.78. The highest BCUT2D eigenvalue weighted by Gasteiger charge is 2.63. The summed E-state index contributed by atoms with van der Waals surface area (Å²) in [7, 11) is 0. The van der Waals surface area contributed by atoms with E-state index in [9.17, 15) is 26.7 Å². The SMILES string of the molecule is C=C=C[C@H]1[C@@H](C(=O)OC(F)(F)c2ccc(F)c(F)c2F)C1(C)C. The second-order valence-electron chi connectivity index (χ2n) is 5.86. The molecule has 0 aromatic heterocycles. The molecule has 7 heteroatoms. The molecule has 0 heterocycles. The van der Waals surface area contributed by atoms with Crippen molar-refractivity contribution in [1.29, 1.82) is 0 Å². The lowest BCUT2D eigenvalue weighted by molar-refractivity contribution is -0.243. The van der Waals surface area contributed by atoms with Crippen molar-refractivity contribution in [2.24, 2.45) is 17.3 Å². The minimum atomic E-state index is -4.42. The van der Waals surface area contributed by atoms with Crippen molar-refractivity contribution in [3.63, 3.8) is 0 Å². The van der Waals surface area contributed by atoms with Gasteiger partial charge < -0.3 is 4.74 Å². The average Bonchev–Trinajstić information content (AvgIpc) is 2.97. The summed E-state index contributed by atoms with van der Waals surface area (Å²) in [6.45, 7) is 6.67. The summed E-state index contributed by atoms with van der Waals surface area (Å²) in [5.74, 6) is -8.31. The molecule has 2 nitrogen and oxygen atoms in total. The predicted octanol–water partition coefficient (Wildman–Crippen LogP) is 4.31. The number of benzene rings is 1. The van der Waals surface area contributed by atoms with E-state index in [1.807, 2.05) is 0 Å². The van der Waals surface area contributed by atoms with Gasteiger partial charge in [-0.2, -0.15) is 8.78 Å². The van der Waals surface area contributed by atoms with Crippen molar-refractivity contribution < 1.29 is 31.5 Å². The number of allylic oxidation sites excluding steroid dienone is 1. The Labute approximate surface area is 129 Å². The summed E-state index contributed by atoms with van der Waals surface area (Å²) in [4.78, 5) is 11.9. The third kappa shape index (κ3) is 2.88. The number of ether oxygens (including phenoxy) is 1. The molecule has 0 unspecified atom stereocenters. The first-order valence-corrected chi connectivity index (χ1v) is 6.64. The van der Waals surface area contributed by atoms with Crippen LogP contribution in [0.15, 0.2) is 30.5 Å². The van der Waals surface area contributed by atoms with Gasteiger partial charge in [0.15, 0.2) is 17.5 Å². The second kappa shape index (κ2) is 5.49. The van der Waals surface area contributed by atoms with Crippen LogP contribution in [0.2, 0.25) is 0 Å². The van der Waals surface area contributed by atoms with Crippen molar-refractivity contribution in [3.8, 4) is 0 Å². The Kier molecular flexibility index (Phi) is 4.11. The van der Waals surface area contributed by atoms with Crippen LogP contribution < -0.4 is 0 Å². The van der Waals surface area contributed by atoms with Crippen molar-refractivity contribution >= 4 is 5.97 Å². The van der Waals surface area contributed by atoms with Crippen LogP contribution in [0.5, 0.6) is 0 Å². The van der Waals surface area contributed by atoms with Gasteiger partial charge in [0.1, 0.15) is 5.56 Å². The molecule has 1 saturated carbocycles. The lowest BCUT2D eigenvalue weighted by Crippen LogP contribution is -2.26. The van der Waals surface area contributed by atoms with Gasteiger partial charge in [-0.15, -0.1) is 5.73 Å². The molecule has 0 saturated heterocycles. The van der Waals surface area contributed by atoms with E-state index in [1.54, 1.807) is 13.8 Å². The normalized spacial score (nSPS) is 22.2. The van der Waals surface area contributed by atoms with Crippen molar-refractivity contribution in [2.75, 3.05) is 0 Å². The number of halogens is 5. The van der Waals surface area contributed by atoms with Gasteiger partial charge in [-0.05, 0) is 23.6 Å². The minimum Gasteiger partial charge on any atom is -0.397 e. The minimum absolute atomic E-state index is 0.333. The first kappa shape index (κ1) is 17.2. The topological polar surface area (TPSA) is 26.3 Å². The number of hydrogen-bond acceptors (Lipinski definition) is 2. The molecule has 0 N–H and O–H groups in total. The first-order chi connectivity index (χ1) is 10.5. The predicted molar refractivity (Wildman–Crippen MR) is 70.8 cm³/mol. The van der Waals surface area contributed by atoms with Crippen LogP contribution in [0.3, 0.4) is 0 Å². The van der Waals surface area contributed by atoms with Crippen LogP contribution in [0.1, 0.15) is 19.4 Å². The lowest BCUT2D eigenvalue weighted by Gasteiger charge is -2.18. The Bertz CT molecular complexity index is 705. The fourth-order valence-corrected chi connectivity index (χ4v) is 2.56. The average molecular weight is 332 g/mol. The Hall–Kier alpha value is -2.14. The van der Waals surface area contributed by atoms with Crippen LogP contribution in [-0.4, -0.2) is 5.97 Å². The molecule has 1 aliphatic rings. The molecular weight excluding hydrogens is 319 g/mol. The number of alkyl halides is 2. The van der Waals surface area contributed by atoms with Gasteiger partial charge in [-0.25, -0.2) is 13.2 Å². The maximum absolute atomic E-state index is 13.9. The van der Waals surface area contributed by atoms with Gasteiger partial charge in [0, 0.05) is 5.92 Å². The Morgan fingerprint density at radius 3 is 2.48 bits per heavy atom. The monoisotopic (exact) mass is 332 g/mol. The van der Waals surface area contributed by atoms with E-state index in [0.717, 1.165) is 0 Å². The van der Waals surface area contributed by atoms with E-state index in [2.05, 4.69) is 17.0 Å². The molecule has 1 aliphatic carbocycles. The van der Waals surface area contributed by atoms with E-state index in [1.165, 1.54) is 6.08 Å². The van der Waals surface area contributed by atoms with Gasteiger partial charge in [0.25, 0.3) is 0 Å². The maximum atomic E-state index is 13.9. The van der Waals surface area contributed by atoms with Crippen molar-refractivity contribution in [1.82, 2.24) is 0 Å². The summed E-state index contributed by atoms with van der Waals surface area (Å²) in [5.41, 5.74) is 0.289. The van der Waals surface area contributed by atoms with Gasteiger partial charge in [-0.1, -0.05) is 20.4 Å². The largest absolute Gasteiger partial charge is 0.431 e. The van der Waals surface area contributed by atoms with E-state index >= 15 is 0 Å². The van der Waals surface area contributed by atoms with Crippen molar-refractivity contribution in [2.45, 2.75) is 20.0 Å². The molecule has 124 valence electrons. The molecule has 0 spiro atoms. The number of hydrogen-bond donors (Lipinski definition) is 0. The molecule has 0 aliphatic heterocycles. The summed E-state index contributed by atoms with van der Waals surface area (Å²) in [6, 6.07) is 0.667. The number of esters is 1. The van der Waals surface area contributed by atoms with Gasteiger partial charge in [-0.3, -0.25) is 4.79 Å². The summed E-state index contributed by atoms with van der Waals surface area (Å²) in [5, 5.41) is 0. The smallest absolute Gasteiger partial charge is 0.397 e. The van der Waals surface area contributed by atoms with Crippen molar-refractivity contribution in [3.05, 3.63) is 53.5 Å². The Morgan fingerprint density at radius 2 is 1.91 bits per heavy atom. The van der Waals surface area contributed by atoms with Crippen LogP contribution in [0.25, 0.3) is 0 Å². The standard InChI is InChI=1S/C16H13F5O2/c1-4-5-8-11(15(8,2)3)14(22)23-16(20,21)9-6-7-10(17)13(19)12(9)18/h5-8,11H,1H2,2-3H3/t8-,11-/m0/s1. The number of carbonyl (C=O) groups is 1. The number of carbonyl (C=O) groups excluding carboxylic acids is 1. The molecule has 1 aromatic rings. The van der Waals surface area contributed by atoms with Crippen LogP contribution >= 0.6 is 0 Å². The second-order valence-corrected chi connectivity index (χ2v) is 5.86. The van der Waals surface area contributed by atoms with Gasteiger partial charge in [0.2, 0.25) is 0 Å². The van der Waals surface area contributed by atoms with Crippen LogP contribution in [0, 0.1) is 34.7 Å². The molecule has 2 atom stereocenters. The lowest BCUT2D eigenvalue weighted by atomic mass is 10.1. The zero-order valence-corrected chi connectivity index (χ0v) is 12.3. The number of rotatable bonds is 4. The van der Waals surface area contributed by atoms with Gasteiger partial charge >= 0.3 is 12.1 Å². The summed E-state index contributed by atoms with van der Waals surface area (Å²) >= 11 is 0. The highest BCUT2D eigenvalue weighted by Crippen LogP contribution is 2.60. The first-order valence-electron chi connectivity index (χ1n) is 6.64. The quantitative estimate of drug-likeness (QED) is 0.355. The molecular formula is C16H13F5O2. The summed E-state index contributed by atoms with van der Waals surface area (Å²) < 4.78 is 71.2. The van der Waals surface area contributed by atoms with Crippen LogP contribution in [-0.2, 0) is 15.6 Å². The molecule has 0 amide bonds. The molecule has 2 rings (SSSR count). The van der Waals surface area contributed by atoms with Gasteiger partial charge in [0.05, 0.1) is 5.92 Å². The third-order valence-electron chi connectivity index (χ3n) is 4.04. The zero-order chi connectivity index (χ0) is 17.6. The van der Waals surface area contributed by atoms with E-state index in [4.69, 9.17) is 0 Å². The fourth-order valence-electron chi connectivity index (χ4n) is 2.56. The van der Waals surface area contributed by atoms with Crippen LogP contribution in [0.4, 0.5) is 22.0 Å². The fraction of sp³-hybridized carbons (Fsp3) is 0.375. The molecule has 0 radical (unpaired) electrons. The highest BCUT2D eigenvalue weighted by atomic mass is 19.3. The Morgan fingerprint density at radius 1 is 1.30 bits per heavy atom. The molecule has 1 fully saturated rings. The zero-order valence-electron chi connectivity index (χ0n) is 12.3. The van der Waals surface area contributed by atoms with E-state index in [0.29, 0.717) is 12.1 Å². The summed E-state index contributed by atoms with van der Waals surface area (Å²) in [6.07, 6.45) is -2.96. The Balaban J connectivity index is 2.24.